The topological polar surface area (TPSA) is 115 Å². The molecule has 0 bridgehead atoms. The highest BCUT2D eigenvalue weighted by Gasteiger charge is 2.42. The van der Waals surface area contributed by atoms with E-state index in [1.54, 1.807) is 23.5 Å². The monoisotopic (exact) mass is 493 g/mol. The summed E-state index contributed by atoms with van der Waals surface area (Å²) in [5.41, 5.74) is 3.06. The number of morpholine rings is 1. The van der Waals surface area contributed by atoms with Crippen molar-refractivity contribution in [3.63, 3.8) is 0 Å². The molecule has 1 atom stereocenters. The van der Waals surface area contributed by atoms with E-state index in [0.717, 1.165) is 0 Å². The highest BCUT2D eigenvalue weighted by atomic mass is 32.1. The van der Waals surface area contributed by atoms with Crippen molar-refractivity contribution in [2.24, 2.45) is 0 Å². The lowest BCUT2D eigenvalue weighted by Crippen LogP contribution is -2.49. The number of hydrogen-bond donors (Lipinski definition) is 2. The number of nitrogens with one attached hydrogen (secondary N) is 2. The summed E-state index contributed by atoms with van der Waals surface area (Å²) in [7, 11) is 0. The molecule has 0 spiro atoms. The maximum atomic E-state index is 13.0. The van der Waals surface area contributed by atoms with Crippen LogP contribution in [0.1, 0.15) is 31.3 Å². The van der Waals surface area contributed by atoms with Gasteiger partial charge in [-0.05, 0) is 19.1 Å². The predicted octanol–water partition coefficient (Wildman–Crippen LogP) is 2.29. The molecule has 13 heteroatoms. The number of carbonyl (C=O) groups excluding carboxylic acids is 3. The van der Waals surface area contributed by atoms with Gasteiger partial charge >= 0.3 is 12.1 Å². The molecular formula is C21H18F3N5O4S. The van der Waals surface area contributed by atoms with Crippen molar-refractivity contribution in [3.8, 4) is 0 Å². The van der Waals surface area contributed by atoms with Crippen LogP contribution in [0.25, 0.3) is 0 Å². The summed E-state index contributed by atoms with van der Waals surface area (Å²) < 4.78 is 42.6. The lowest BCUT2D eigenvalue weighted by Gasteiger charge is -2.34. The zero-order valence-electron chi connectivity index (χ0n) is 17.7. The van der Waals surface area contributed by atoms with Crippen LogP contribution in [0.15, 0.2) is 41.7 Å². The maximum Gasteiger partial charge on any atom is 0.471 e. The third-order valence-corrected chi connectivity index (χ3v) is 6.19. The van der Waals surface area contributed by atoms with Gasteiger partial charge in [0, 0.05) is 23.9 Å². The lowest BCUT2D eigenvalue weighted by atomic mass is 10.1. The van der Waals surface area contributed by atoms with E-state index in [2.05, 4.69) is 4.98 Å². The number of ether oxygens (including phenoxy) is 1. The summed E-state index contributed by atoms with van der Waals surface area (Å²) in [5.74, 6) is -3.58. The summed E-state index contributed by atoms with van der Waals surface area (Å²) in [6.45, 7) is 2.72. The lowest BCUT2D eigenvalue weighted by molar-refractivity contribution is -0.171. The van der Waals surface area contributed by atoms with Crippen LogP contribution in [0.2, 0.25) is 0 Å². The molecule has 1 saturated heterocycles. The Morgan fingerprint density at radius 2 is 1.85 bits per heavy atom. The van der Waals surface area contributed by atoms with Crippen LogP contribution in [0, 0.1) is 12.3 Å². The predicted molar refractivity (Wildman–Crippen MR) is 114 cm³/mol. The van der Waals surface area contributed by atoms with Crippen LogP contribution in [-0.4, -0.2) is 70.3 Å². The summed E-state index contributed by atoms with van der Waals surface area (Å²) >= 11 is 1.25. The third-order valence-electron chi connectivity index (χ3n) is 5.28. The average Bonchev–Trinajstić information content (AvgIpc) is 3.50. The molecule has 2 aromatic rings. The second-order valence-corrected chi connectivity index (χ2v) is 8.34. The van der Waals surface area contributed by atoms with Crippen molar-refractivity contribution in [2.75, 3.05) is 19.8 Å². The van der Waals surface area contributed by atoms with E-state index in [0.29, 0.717) is 29.4 Å². The molecule has 0 aliphatic carbocycles. The van der Waals surface area contributed by atoms with Crippen LogP contribution in [-0.2, 0) is 9.53 Å². The Hall–Kier alpha value is -3.58. The van der Waals surface area contributed by atoms with Gasteiger partial charge in [-0.1, -0.05) is 12.1 Å². The van der Waals surface area contributed by atoms with Gasteiger partial charge in [0.1, 0.15) is 10.7 Å². The molecule has 1 fully saturated rings. The van der Waals surface area contributed by atoms with Gasteiger partial charge in [-0.25, -0.2) is 4.98 Å². The van der Waals surface area contributed by atoms with E-state index in [9.17, 15) is 27.6 Å². The van der Waals surface area contributed by atoms with Crippen LogP contribution < -0.4 is 5.32 Å². The van der Waals surface area contributed by atoms with Crippen LogP contribution in [0.4, 0.5) is 13.2 Å². The van der Waals surface area contributed by atoms with Crippen molar-refractivity contribution in [2.45, 2.75) is 19.1 Å². The van der Waals surface area contributed by atoms with Crippen molar-refractivity contribution in [1.82, 2.24) is 20.1 Å². The minimum absolute atomic E-state index is 0.00510. The van der Waals surface area contributed by atoms with Crippen molar-refractivity contribution >= 4 is 34.9 Å². The Balaban J connectivity index is 1.41. The molecule has 2 aliphatic rings. The number of carbonyl (C=O) groups is 3. The number of nitrogens with zero attached hydrogens (tertiary/aromatic N) is 3. The van der Waals surface area contributed by atoms with E-state index < -0.39 is 29.9 Å². The number of aromatic nitrogens is 1. The molecular weight excluding hydrogens is 475 g/mol. The van der Waals surface area contributed by atoms with Crippen LogP contribution >= 0.6 is 11.3 Å². The van der Waals surface area contributed by atoms with Gasteiger partial charge in [0.15, 0.2) is 0 Å². The van der Waals surface area contributed by atoms with Crippen molar-refractivity contribution in [1.29, 1.82) is 5.41 Å². The molecule has 1 aromatic carbocycles. The number of aryl methyl sites for hydroxylation is 1. The van der Waals surface area contributed by atoms with E-state index in [1.165, 1.54) is 45.8 Å². The molecule has 1 unspecified atom stereocenters. The number of rotatable bonds is 4. The number of hydrogen-bond acceptors (Lipinski definition) is 7. The molecule has 2 N–H and O–H groups in total. The number of amidine groups is 1. The SMILES string of the molecule is Cc1ncsc1C(=O)N1CCOCC1C1=CN1C(=O)c1ccc(C(=N)NC(=O)C(F)(F)F)cc1. The Kier molecular flexibility index (Phi) is 6.23. The fraction of sp³-hybridized carbons (Fsp3) is 0.286. The summed E-state index contributed by atoms with van der Waals surface area (Å²) in [4.78, 5) is 44.5. The van der Waals surface area contributed by atoms with E-state index in [-0.39, 0.29) is 23.6 Å². The maximum absolute atomic E-state index is 13.0. The number of thiazole rings is 1. The van der Waals surface area contributed by atoms with Gasteiger partial charge in [-0.2, -0.15) is 13.2 Å². The molecule has 9 nitrogen and oxygen atoms in total. The Bertz CT molecular complexity index is 1190. The molecule has 178 valence electrons. The second kappa shape index (κ2) is 8.99. The fourth-order valence-corrected chi connectivity index (χ4v) is 4.19. The first-order valence-corrected chi connectivity index (χ1v) is 10.9. The largest absolute Gasteiger partial charge is 0.471 e. The minimum Gasteiger partial charge on any atom is -0.377 e. The zero-order valence-corrected chi connectivity index (χ0v) is 18.5. The van der Waals surface area contributed by atoms with Gasteiger partial charge in [-0.3, -0.25) is 24.7 Å². The number of amides is 3. The molecule has 3 heterocycles. The van der Waals surface area contributed by atoms with Crippen LogP contribution in [0.5, 0.6) is 0 Å². The van der Waals surface area contributed by atoms with E-state index in [4.69, 9.17) is 10.1 Å². The number of halogens is 3. The van der Waals surface area contributed by atoms with Gasteiger partial charge in [-0.15, -0.1) is 11.3 Å². The molecule has 0 radical (unpaired) electrons. The van der Waals surface area contributed by atoms with Gasteiger partial charge in [0.05, 0.1) is 36.2 Å². The van der Waals surface area contributed by atoms with Gasteiger partial charge < -0.3 is 15.0 Å². The summed E-state index contributed by atoms with van der Waals surface area (Å²) in [6, 6.07) is 4.77. The van der Waals surface area contributed by atoms with Gasteiger partial charge in [0.2, 0.25) is 0 Å². The van der Waals surface area contributed by atoms with Crippen molar-refractivity contribution in [3.05, 3.63) is 63.4 Å². The zero-order chi connectivity index (χ0) is 24.6. The molecule has 0 saturated carbocycles. The molecule has 3 amide bonds. The third kappa shape index (κ3) is 4.70. The molecule has 34 heavy (non-hydrogen) atoms. The number of benzene rings is 1. The smallest absolute Gasteiger partial charge is 0.377 e. The fourth-order valence-electron chi connectivity index (χ4n) is 3.43. The van der Waals surface area contributed by atoms with Crippen molar-refractivity contribution < 1.29 is 32.3 Å². The second-order valence-electron chi connectivity index (χ2n) is 7.49. The standard InChI is InChI=1S/C21H18F3N5O4S/c1-11-16(34-10-26-11)19(31)28-6-7-33-9-15(28)14-8-29(14)18(30)13-4-2-12(3-5-13)17(25)27-20(32)21(22,23)24/h2-5,8,10,15H,6-7,9H2,1H3,(H2,25,27,32). The first-order valence-electron chi connectivity index (χ1n) is 9.99. The van der Waals surface area contributed by atoms with Gasteiger partial charge in [0.25, 0.3) is 11.8 Å². The first kappa shape index (κ1) is 23.6. The Labute approximate surface area is 195 Å². The highest BCUT2D eigenvalue weighted by molar-refractivity contribution is 7.11. The van der Waals surface area contributed by atoms with E-state index in [1.807, 2.05) is 0 Å². The first-order chi connectivity index (χ1) is 16.1. The quantitative estimate of drug-likeness (QED) is 0.501. The Morgan fingerprint density at radius 1 is 1.18 bits per heavy atom. The Morgan fingerprint density at radius 3 is 2.47 bits per heavy atom. The van der Waals surface area contributed by atoms with Crippen LogP contribution in [0.3, 0.4) is 0 Å². The minimum atomic E-state index is -5.11. The summed E-state index contributed by atoms with van der Waals surface area (Å²) in [6.07, 6.45) is -3.51. The number of alkyl halides is 3. The molecule has 4 rings (SSSR count). The molecule has 2 aliphatic heterocycles. The summed E-state index contributed by atoms with van der Waals surface area (Å²) in [5, 5.41) is 9.08. The highest BCUT2D eigenvalue weighted by Crippen LogP contribution is 2.33. The van der Waals surface area contributed by atoms with E-state index >= 15 is 0 Å². The normalized spacial score (nSPS) is 17.8. The average molecular weight is 493 g/mol. The molecule has 1 aromatic heterocycles.